The molecule has 0 amide bonds. The van der Waals surface area contributed by atoms with Crippen LogP contribution >= 0.6 is 0 Å². The summed E-state index contributed by atoms with van der Waals surface area (Å²) in [6.07, 6.45) is 2.72. The molecule has 3 heteroatoms. The summed E-state index contributed by atoms with van der Waals surface area (Å²) in [5, 5.41) is 17.6. The Labute approximate surface area is 92.7 Å². The maximum atomic E-state index is 9.05. The minimum atomic E-state index is 0.222. The number of hydrogen-bond acceptors (Lipinski definition) is 3. The fourth-order valence-electron chi connectivity index (χ4n) is 2.28. The SMILES string of the molecule is CC(C)(CCC#N)CN1CCC(CO)C1. The summed E-state index contributed by atoms with van der Waals surface area (Å²) < 4.78 is 0. The third-order valence-corrected chi connectivity index (χ3v) is 3.19. The van der Waals surface area contributed by atoms with Crippen LogP contribution in [0.2, 0.25) is 0 Å². The number of rotatable bonds is 5. The summed E-state index contributed by atoms with van der Waals surface area (Å²) in [6.45, 7) is 7.92. The van der Waals surface area contributed by atoms with Gasteiger partial charge in [0.05, 0.1) is 6.07 Å². The van der Waals surface area contributed by atoms with Gasteiger partial charge in [-0.15, -0.1) is 0 Å². The average molecular weight is 210 g/mol. The number of aliphatic hydroxyl groups excluding tert-OH is 1. The van der Waals surface area contributed by atoms with Crippen LogP contribution in [0.4, 0.5) is 0 Å². The van der Waals surface area contributed by atoms with Gasteiger partial charge in [0.25, 0.3) is 0 Å². The number of likely N-dealkylation sites (tertiary alicyclic amines) is 1. The van der Waals surface area contributed by atoms with Crippen molar-refractivity contribution in [3.8, 4) is 6.07 Å². The van der Waals surface area contributed by atoms with Crippen molar-refractivity contribution in [3.63, 3.8) is 0 Å². The summed E-state index contributed by atoms with van der Waals surface area (Å²) in [5.41, 5.74) is 0.222. The molecule has 0 aromatic rings. The fourth-order valence-corrected chi connectivity index (χ4v) is 2.28. The van der Waals surface area contributed by atoms with Gasteiger partial charge in [-0.1, -0.05) is 13.8 Å². The first-order valence-electron chi connectivity index (χ1n) is 5.77. The highest BCUT2D eigenvalue weighted by Crippen LogP contribution is 2.26. The van der Waals surface area contributed by atoms with Gasteiger partial charge in [-0.25, -0.2) is 0 Å². The fraction of sp³-hybridized carbons (Fsp3) is 0.917. The summed E-state index contributed by atoms with van der Waals surface area (Å²) in [6, 6.07) is 2.21. The smallest absolute Gasteiger partial charge is 0.0621 e. The Morgan fingerprint density at radius 2 is 2.27 bits per heavy atom. The zero-order chi connectivity index (χ0) is 11.3. The molecule has 1 N–H and O–H groups in total. The molecule has 0 bridgehead atoms. The maximum Gasteiger partial charge on any atom is 0.0621 e. The summed E-state index contributed by atoms with van der Waals surface area (Å²) in [4.78, 5) is 2.41. The molecular weight excluding hydrogens is 188 g/mol. The van der Waals surface area contributed by atoms with Gasteiger partial charge in [0.15, 0.2) is 0 Å². The molecule has 1 saturated heterocycles. The second kappa shape index (κ2) is 5.48. The van der Waals surface area contributed by atoms with Crippen molar-refractivity contribution in [2.75, 3.05) is 26.2 Å². The topological polar surface area (TPSA) is 47.3 Å². The molecule has 3 nitrogen and oxygen atoms in total. The van der Waals surface area contributed by atoms with Crippen LogP contribution in [0.1, 0.15) is 33.1 Å². The molecule has 0 aliphatic carbocycles. The zero-order valence-electron chi connectivity index (χ0n) is 9.87. The summed E-state index contributed by atoms with van der Waals surface area (Å²) >= 11 is 0. The Morgan fingerprint density at radius 3 is 2.80 bits per heavy atom. The van der Waals surface area contributed by atoms with Crippen molar-refractivity contribution in [2.24, 2.45) is 11.3 Å². The Kier molecular flexibility index (Phi) is 4.56. The molecule has 0 aromatic carbocycles. The van der Waals surface area contributed by atoms with E-state index in [0.29, 0.717) is 18.9 Å². The number of nitriles is 1. The second-order valence-electron chi connectivity index (χ2n) is 5.39. The molecule has 1 heterocycles. The van der Waals surface area contributed by atoms with Crippen molar-refractivity contribution in [1.29, 1.82) is 5.26 Å². The molecule has 1 atom stereocenters. The van der Waals surface area contributed by atoms with E-state index in [1.54, 1.807) is 0 Å². The second-order valence-corrected chi connectivity index (χ2v) is 5.39. The van der Waals surface area contributed by atoms with Crippen LogP contribution < -0.4 is 0 Å². The van der Waals surface area contributed by atoms with E-state index in [1.807, 2.05) is 0 Å². The number of aliphatic hydroxyl groups is 1. The summed E-state index contributed by atoms with van der Waals surface area (Å²) in [5.74, 6) is 0.469. The van der Waals surface area contributed by atoms with Crippen molar-refractivity contribution in [3.05, 3.63) is 0 Å². The Bertz CT molecular complexity index is 232. The van der Waals surface area contributed by atoms with Gasteiger partial charge >= 0.3 is 0 Å². The molecule has 0 aromatic heterocycles. The van der Waals surface area contributed by atoms with E-state index in [1.165, 1.54) is 0 Å². The minimum absolute atomic E-state index is 0.222. The Morgan fingerprint density at radius 1 is 1.53 bits per heavy atom. The van der Waals surface area contributed by atoms with Gasteiger partial charge in [0, 0.05) is 26.1 Å². The van der Waals surface area contributed by atoms with Crippen LogP contribution in [0, 0.1) is 22.7 Å². The first-order valence-corrected chi connectivity index (χ1v) is 5.77. The van der Waals surface area contributed by atoms with E-state index in [2.05, 4.69) is 24.8 Å². The van der Waals surface area contributed by atoms with Crippen LogP contribution in [0.15, 0.2) is 0 Å². The molecular formula is C12H22N2O. The van der Waals surface area contributed by atoms with Crippen LogP contribution in [-0.4, -0.2) is 36.2 Å². The highest BCUT2D eigenvalue weighted by molar-refractivity contribution is 4.83. The van der Waals surface area contributed by atoms with Gasteiger partial charge in [0.2, 0.25) is 0 Å². The molecule has 0 spiro atoms. The lowest BCUT2D eigenvalue weighted by Crippen LogP contribution is -2.33. The van der Waals surface area contributed by atoms with Crippen LogP contribution in [0.3, 0.4) is 0 Å². The van der Waals surface area contributed by atoms with Gasteiger partial charge in [-0.3, -0.25) is 0 Å². The molecule has 1 aliphatic rings. The van der Waals surface area contributed by atoms with Crippen molar-refractivity contribution in [1.82, 2.24) is 4.90 Å². The molecule has 1 unspecified atom stereocenters. The van der Waals surface area contributed by atoms with Crippen molar-refractivity contribution >= 4 is 0 Å². The third kappa shape index (κ3) is 4.19. The highest BCUT2D eigenvalue weighted by atomic mass is 16.3. The van der Waals surface area contributed by atoms with Gasteiger partial charge in [-0.05, 0) is 30.7 Å². The third-order valence-electron chi connectivity index (χ3n) is 3.19. The zero-order valence-corrected chi connectivity index (χ0v) is 9.87. The maximum absolute atomic E-state index is 9.05. The molecule has 1 aliphatic heterocycles. The normalized spacial score (nSPS) is 22.9. The van der Waals surface area contributed by atoms with Crippen LogP contribution in [0.5, 0.6) is 0 Å². The van der Waals surface area contributed by atoms with E-state index in [9.17, 15) is 0 Å². The molecule has 15 heavy (non-hydrogen) atoms. The first-order chi connectivity index (χ1) is 7.07. The van der Waals surface area contributed by atoms with Crippen LogP contribution in [0.25, 0.3) is 0 Å². The summed E-state index contributed by atoms with van der Waals surface area (Å²) in [7, 11) is 0. The van der Waals surface area contributed by atoms with Crippen molar-refractivity contribution in [2.45, 2.75) is 33.1 Å². The van der Waals surface area contributed by atoms with E-state index in [4.69, 9.17) is 10.4 Å². The molecule has 86 valence electrons. The molecule has 1 fully saturated rings. The van der Waals surface area contributed by atoms with Gasteiger partial charge in [-0.2, -0.15) is 5.26 Å². The Hall–Kier alpha value is -0.590. The largest absolute Gasteiger partial charge is 0.396 e. The van der Waals surface area contributed by atoms with E-state index >= 15 is 0 Å². The monoisotopic (exact) mass is 210 g/mol. The Balaban J connectivity index is 2.32. The lowest BCUT2D eigenvalue weighted by Gasteiger charge is -2.29. The molecule has 0 saturated carbocycles. The standard InChI is InChI=1S/C12H22N2O/c1-12(2,5-3-6-13)10-14-7-4-11(8-14)9-15/h11,15H,3-5,7-10H2,1-2H3. The van der Waals surface area contributed by atoms with Gasteiger partial charge < -0.3 is 10.0 Å². The quantitative estimate of drug-likeness (QED) is 0.750. The van der Waals surface area contributed by atoms with E-state index in [0.717, 1.165) is 32.5 Å². The predicted octanol–water partition coefficient (Wildman–Crippen LogP) is 1.63. The number of hydrogen-bond donors (Lipinski definition) is 1. The highest BCUT2D eigenvalue weighted by Gasteiger charge is 2.27. The molecule has 1 rings (SSSR count). The lowest BCUT2D eigenvalue weighted by molar-refractivity contribution is 0.178. The first kappa shape index (κ1) is 12.5. The van der Waals surface area contributed by atoms with Gasteiger partial charge in [0.1, 0.15) is 0 Å². The van der Waals surface area contributed by atoms with Crippen molar-refractivity contribution < 1.29 is 5.11 Å². The minimum Gasteiger partial charge on any atom is -0.396 e. The predicted molar refractivity (Wildman–Crippen MR) is 60.3 cm³/mol. The number of nitrogens with zero attached hydrogens (tertiary/aromatic N) is 2. The average Bonchev–Trinajstić information content (AvgIpc) is 2.62. The van der Waals surface area contributed by atoms with E-state index < -0.39 is 0 Å². The lowest BCUT2D eigenvalue weighted by atomic mass is 9.87. The molecule has 0 radical (unpaired) electrons. The van der Waals surface area contributed by atoms with Crippen LogP contribution in [-0.2, 0) is 0 Å². The van der Waals surface area contributed by atoms with E-state index in [-0.39, 0.29) is 5.41 Å².